The van der Waals surface area contributed by atoms with Gasteiger partial charge in [-0.15, -0.1) is 0 Å². The molecule has 0 aromatic heterocycles. The summed E-state index contributed by atoms with van der Waals surface area (Å²) < 4.78 is 0. The molecule has 0 aromatic carbocycles. The van der Waals surface area contributed by atoms with Crippen molar-refractivity contribution in [3.63, 3.8) is 0 Å². The Labute approximate surface area is 207 Å². The number of hydrogen-bond donors (Lipinski definition) is 1. The topological polar surface area (TPSA) is 46.2 Å². The first-order valence-electron chi connectivity index (χ1n) is 14.5. The van der Waals surface area contributed by atoms with Gasteiger partial charge in [0.15, 0.2) is 0 Å². The minimum Gasteiger partial charge on any atom is -0.349 e. The summed E-state index contributed by atoms with van der Waals surface area (Å²) in [6.45, 7) is 8.70. The molecule has 0 aliphatic rings. The van der Waals surface area contributed by atoms with Crippen LogP contribution in [-0.4, -0.2) is 18.2 Å². The van der Waals surface area contributed by atoms with Gasteiger partial charge < -0.3 is 5.32 Å². The largest absolute Gasteiger partial charge is 0.349 e. The third-order valence-corrected chi connectivity index (χ3v) is 6.98. The number of hydrogen-bond acceptors (Lipinski definition) is 2. The van der Waals surface area contributed by atoms with E-state index in [0.29, 0.717) is 18.0 Å². The van der Waals surface area contributed by atoms with Gasteiger partial charge in [-0.25, -0.2) is 0 Å². The van der Waals surface area contributed by atoms with Crippen molar-refractivity contribution in [3.05, 3.63) is 11.6 Å². The number of Topliss-reactive ketones (excluding diaryl/α,β-unsaturated/α-hetero) is 1. The molecule has 3 nitrogen and oxygen atoms in total. The van der Waals surface area contributed by atoms with Crippen molar-refractivity contribution in [3.8, 4) is 0 Å². The number of carbonyl (C=O) groups excluding carboxylic acids is 2. The molecule has 0 spiro atoms. The number of ketones is 1. The summed E-state index contributed by atoms with van der Waals surface area (Å²) in [6, 6.07) is 0. The van der Waals surface area contributed by atoms with E-state index in [1.807, 2.05) is 0 Å². The van der Waals surface area contributed by atoms with Gasteiger partial charge in [0.2, 0.25) is 5.78 Å². The SMILES string of the molecule is CC=C(C)C(=O)C(=O)NCC(CCCCCCCCCC)CCCCCCCCCCCC. The Bertz CT molecular complexity index is 498. The lowest BCUT2D eigenvalue weighted by Crippen LogP contribution is -2.35. The maximum atomic E-state index is 12.2. The minimum atomic E-state index is -0.436. The molecule has 0 saturated carbocycles. The van der Waals surface area contributed by atoms with Crippen LogP contribution in [0.4, 0.5) is 0 Å². The number of nitrogens with one attached hydrogen (secondary N) is 1. The Hall–Kier alpha value is -1.12. The molecule has 33 heavy (non-hydrogen) atoms. The monoisotopic (exact) mass is 463 g/mol. The quantitative estimate of drug-likeness (QED) is 0.0881. The summed E-state index contributed by atoms with van der Waals surface area (Å²) in [5.74, 6) is -0.321. The lowest BCUT2D eigenvalue weighted by molar-refractivity contribution is -0.135. The number of rotatable bonds is 24. The smallest absolute Gasteiger partial charge is 0.292 e. The van der Waals surface area contributed by atoms with Gasteiger partial charge in [0, 0.05) is 6.54 Å². The van der Waals surface area contributed by atoms with Crippen LogP contribution in [0.1, 0.15) is 156 Å². The van der Waals surface area contributed by atoms with Crippen LogP contribution in [0.5, 0.6) is 0 Å². The fraction of sp³-hybridized carbons (Fsp3) is 0.867. The number of amides is 1. The Kier molecular flexibility index (Phi) is 23.2. The van der Waals surface area contributed by atoms with Crippen LogP contribution in [0.3, 0.4) is 0 Å². The first-order valence-corrected chi connectivity index (χ1v) is 14.5. The van der Waals surface area contributed by atoms with Gasteiger partial charge >= 0.3 is 0 Å². The van der Waals surface area contributed by atoms with Crippen molar-refractivity contribution >= 4 is 11.7 Å². The van der Waals surface area contributed by atoms with E-state index < -0.39 is 5.91 Å². The standard InChI is InChI=1S/C30H57NO2/c1-5-8-10-12-14-16-17-19-21-23-25-28(24-22-20-18-15-13-11-9-6-2)26-31-30(33)29(32)27(4)7-3/h7,28H,5-6,8-26H2,1-4H3,(H,31,33). The minimum absolute atomic E-state index is 0.387. The van der Waals surface area contributed by atoms with Crippen molar-refractivity contribution in [1.82, 2.24) is 5.32 Å². The summed E-state index contributed by atoms with van der Waals surface area (Å²) in [6.07, 6.45) is 28.2. The van der Waals surface area contributed by atoms with E-state index in [0.717, 1.165) is 0 Å². The molecular formula is C30H57NO2. The Balaban J connectivity index is 4.16. The predicted octanol–water partition coefficient (Wildman–Crippen LogP) is 9.10. The molecule has 0 heterocycles. The van der Waals surface area contributed by atoms with Crippen LogP contribution in [0.2, 0.25) is 0 Å². The molecule has 1 amide bonds. The lowest BCUT2D eigenvalue weighted by atomic mass is 9.93. The molecule has 1 unspecified atom stereocenters. The molecule has 0 rings (SSSR count). The molecule has 0 fully saturated rings. The van der Waals surface area contributed by atoms with E-state index in [9.17, 15) is 9.59 Å². The number of unbranched alkanes of at least 4 members (excludes halogenated alkanes) is 16. The van der Waals surface area contributed by atoms with Crippen LogP contribution in [0.15, 0.2) is 11.6 Å². The van der Waals surface area contributed by atoms with E-state index in [1.165, 1.54) is 128 Å². The van der Waals surface area contributed by atoms with E-state index in [4.69, 9.17) is 0 Å². The normalized spacial score (nSPS) is 12.7. The maximum Gasteiger partial charge on any atom is 0.292 e. The molecule has 194 valence electrons. The second-order valence-electron chi connectivity index (χ2n) is 10.1. The van der Waals surface area contributed by atoms with E-state index in [1.54, 1.807) is 19.9 Å². The van der Waals surface area contributed by atoms with Gasteiger partial charge in [0.25, 0.3) is 5.91 Å². The lowest BCUT2D eigenvalue weighted by Gasteiger charge is -2.18. The summed E-state index contributed by atoms with van der Waals surface area (Å²) in [5.41, 5.74) is 0.529. The fourth-order valence-electron chi connectivity index (χ4n) is 4.46. The average Bonchev–Trinajstić information content (AvgIpc) is 2.83. The highest BCUT2D eigenvalue weighted by molar-refractivity contribution is 6.42. The number of carbonyl (C=O) groups is 2. The van der Waals surface area contributed by atoms with E-state index in [2.05, 4.69) is 19.2 Å². The van der Waals surface area contributed by atoms with Crippen molar-refractivity contribution in [2.45, 2.75) is 156 Å². The molecule has 0 aliphatic carbocycles. The van der Waals surface area contributed by atoms with Crippen molar-refractivity contribution in [2.75, 3.05) is 6.54 Å². The molecule has 1 atom stereocenters. The number of allylic oxidation sites excluding steroid dienone is 1. The first-order chi connectivity index (χ1) is 16.1. The third kappa shape index (κ3) is 20.0. The highest BCUT2D eigenvalue weighted by Gasteiger charge is 2.17. The van der Waals surface area contributed by atoms with Crippen LogP contribution < -0.4 is 5.32 Å². The van der Waals surface area contributed by atoms with Gasteiger partial charge in [-0.1, -0.05) is 135 Å². The van der Waals surface area contributed by atoms with Crippen molar-refractivity contribution in [1.29, 1.82) is 0 Å². The van der Waals surface area contributed by atoms with Crippen LogP contribution in [0, 0.1) is 5.92 Å². The van der Waals surface area contributed by atoms with Gasteiger partial charge in [-0.2, -0.15) is 0 Å². The van der Waals surface area contributed by atoms with Crippen LogP contribution in [0.25, 0.3) is 0 Å². The van der Waals surface area contributed by atoms with Crippen molar-refractivity contribution in [2.24, 2.45) is 5.92 Å². The maximum absolute atomic E-state index is 12.2. The molecule has 0 saturated heterocycles. The Morgan fingerprint density at radius 2 is 1.00 bits per heavy atom. The second-order valence-corrected chi connectivity index (χ2v) is 10.1. The summed E-state index contributed by atoms with van der Waals surface area (Å²) in [5, 5.41) is 2.93. The Morgan fingerprint density at radius 1 is 0.636 bits per heavy atom. The zero-order chi connectivity index (χ0) is 24.6. The molecule has 0 bridgehead atoms. The van der Waals surface area contributed by atoms with Gasteiger partial charge in [-0.05, 0) is 38.2 Å². The molecule has 0 radical (unpaired) electrons. The van der Waals surface area contributed by atoms with E-state index in [-0.39, 0.29) is 5.78 Å². The van der Waals surface area contributed by atoms with Gasteiger partial charge in [0.05, 0.1) is 0 Å². The molecule has 3 heteroatoms. The average molecular weight is 464 g/mol. The second kappa shape index (κ2) is 24.0. The summed E-state index contributed by atoms with van der Waals surface area (Å²) >= 11 is 0. The third-order valence-electron chi connectivity index (χ3n) is 6.98. The zero-order valence-electron chi connectivity index (χ0n) is 22.8. The highest BCUT2D eigenvalue weighted by Crippen LogP contribution is 2.19. The molecular weight excluding hydrogens is 406 g/mol. The van der Waals surface area contributed by atoms with Crippen LogP contribution >= 0.6 is 0 Å². The molecule has 0 aliphatic heterocycles. The first kappa shape index (κ1) is 31.9. The molecule has 0 aromatic rings. The predicted molar refractivity (Wildman–Crippen MR) is 145 cm³/mol. The van der Waals surface area contributed by atoms with Gasteiger partial charge in [-0.3, -0.25) is 9.59 Å². The van der Waals surface area contributed by atoms with E-state index >= 15 is 0 Å². The molecule has 1 N–H and O–H groups in total. The summed E-state index contributed by atoms with van der Waals surface area (Å²) in [7, 11) is 0. The summed E-state index contributed by atoms with van der Waals surface area (Å²) in [4.78, 5) is 24.2. The zero-order valence-corrected chi connectivity index (χ0v) is 22.8. The van der Waals surface area contributed by atoms with Crippen molar-refractivity contribution < 1.29 is 9.59 Å². The highest BCUT2D eigenvalue weighted by atomic mass is 16.2. The Morgan fingerprint density at radius 3 is 1.36 bits per heavy atom. The van der Waals surface area contributed by atoms with Crippen LogP contribution in [-0.2, 0) is 9.59 Å². The fourth-order valence-corrected chi connectivity index (χ4v) is 4.46. The van der Waals surface area contributed by atoms with Gasteiger partial charge in [0.1, 0.15) is 0 Å².